The van der Waals surface area contributed by atoms with E-state index in [2.05, 4.69) is 10.8 Å². The molecule has 0 spiro atoms. The van der Waals surface area contributed by atoms with Crippen molar-refractivity contribution in [3.05, 3.63) is 0 Å². The van der Waals surface area contributed by atoms with Gasteiger partial charge in [-0.25, -0.2) is 0 Å². The van der Waals surface area contributed by atoms with Crippen LogP contribution in [0.5, 0.6) is 0 Å². The summed E-state index contributed by atoms with van der Waals surface area (Å²) >= 11 is 0. The molecule has 0 unspecified atom stereocenters. The Labute approximate surface area is 59.6 Å². The van der Waals surface area contributed by atoms with Crippen LogP contribution in [0.3, 0.4) is 0 Å². The zero-order valence-electron chi connectivity index (χ0n) is 5.83. The Morgan fingerprint density at radius 2 is 2.40 bits per heavy atom. The van der Waals surface area contributed by atoms with Crippen molar-refractivity contribution in [1.82, 2.24) is 0 Å². The average Bonchev–Trinajstić information content (AvgIpc) is 1.86. The van der Waals surface area contributed by atoms with Crippen LogP contribution < -0.4 is 0 Å². The zero-order chi connectivity index (χ0) is 7.56. The first-order valence-corrected chi connectivity index (χ1v) is 3.27. The van der Waals surface area contributed by atoms with Gasteiger partial charge in [0.25, 0.3) is 0 Å². The van der Waals surface area contributed by atoms with E-state index in [1.807, 2.05) is 0 Å². The van der Waals surface area contributed by atoms with E-state index in [1.165, 1.54) is 7.11 Å². The third-order valence-electron chi connectivity index (χ3n) is 1.94. The van der Waals surface area contributed by atoms with Crippen molar-refractivity contribution < 1.29 is 9.53 Å². The second-order valence-corrected chi connectivity index (χ2v) is 2.44. The standard InChI is InChI=1S/C7H9NO2/c1-10-7(9)6-3-2-5(6)4-8/h5-6H,2-3H2,1H3/t5-,6-/m0/s1. The van der Waals surface area contributed by atoms with Gasteiger partial charge in [0.2, 0.25) is 0 Å². The number of nitriles is 1. The Balaban J connectivity index is 2.44. The van der Waals surface area contributed by atoms with Gasteiger partial charge < -0.3 is 4.74 Å². The van der Waals surface area contributed by atoms with Crippen LogP contribution in [-0.4, -0.2) is 13.1 Å². The number of nitrogens with zero attached hydrogens (tertiary/aromatic N) is 1. The SMILES string of the molecule is COC(=O)[C@H]1CC[C@H]1C#N. The predicted molar refractivity (Wildman–Crippen MR) is 33.8 cm³/mol. The van der Waals surface area contributed by atoms with Gasteiger partial charge in [-0.05, 0) is 12.8 Å². The normalized spacial score (nSPS) is 30.0. The van der Waals surface area contributed by atoms with E-state index in [0.717, 1.165) is 12.8 Å². The van der Waals surface area contributed by atoms with Crippen molar-refractivity contribution in [2.75, 3.05) is 7.11 Å². The summed E-state index contributed by atoms with van der Waals surface area (Å²) in [7, 11) is 1.36. The second kappa shape index (κ2) is 2.70. The fourth-order valence-electron chi connectivity index (χ4n) is 1.09. The number of methoxy groups -OCH3 is 1. The van der Waals surface area contributed by atoms with E-state index >= 15 is 0 Å². The van der Waals surface area contributed by atoms with Crippen molar-refractivity contribution in [3.8, 4) is 6.07 Å². The lowest BCUT2D eigenvalue weighted by Gasteiger charge is -2.28. The third kappa shape index (κ3) is 0.971. The Bertz CT molecular complexity index is 183. The van der Waals surface area contributed by atoms with Crippen molar-refractivity contribution in [3.63, 3.8) is 0 Å². The van der Waals surface area contributed by atoms with E-state index in [4.69, 9.17) is 5.26 Å². The van der Waals surface area contributed by atoms with E-state index < -0.39 is 0 Å². The number of ether oxygens (including phenoxy) is 1. The molecule has 0 aliphatic heterocycles. The van der Waals surface area contributed by atoms with E-state index in [-0.39, 0.29) is 17.8 Å². The average molecular weight is 139 g/mol. The number of carbonyl (C=O) groups is 1. The first-order valence-electron chi connectivity index (χ1n) is 3.27. The van der Waals surface area contributed by atoms with Crippen LogP contribution in [0.15, 0.2) is 0 Å². The summed E-state index contributed by atoms with van der Waals surface area (Å²) in [6.07, 6.45) is 1.65. The fraction of sp³-hybridized carbons (Fsp3) is 0.714. The molecule has 1 fully saturated rings. The predicted octanol–water partition coefficient (Wildman–Crippen LogP) is 0.709. The summed E-state index contributed by atoms with van der Waals surface area (Å²) in [5.74, 6) is -0.472. The number of hydrogen-bond acceptors (Lipinski definition) is 3. The van der Waals surface area contributed by atoms with Crippen LogP contribution in [0.25, 0.3) is 0 Å². The summed E-state index contributed by atoms with van der Waals surface area (Å²) < 4.78 is 4.50. The molecule has 0 aromatic rings. The molecule has 0 heterocycles. The highest BCUT2D eigenvalue weighted by atomic mass is 16.5. The molecule has 3 heteroatoms. The number of carbonyl (C=O) groups excluding carboxylic acids is 1. The minimum Gasteiger partial charge on any atom is -0.469 e. The maximum atomic E-state index is 10.8. The topological polar surface area (TPSA) is 50.1 Å². The quantitative estimate of drug-likeness (QED) is 0.502. The molecule has 1 saturated carbocycles. The maximum Gasteiger partial charge on any atom is 0.309 e. The molecule has 0 aromatic heterocycles. The van der Waals surface area contributed by atoms with Crippen molar-refractivity contribution >= 4 is 5.97 Å². The van der Waals surface area contributed by atoms with Crippen LogP contribution in [-0.2, 0) is 9.53 Å². The largest absolute Gasteiger partial charge is 0.469 e. The van der Waals surface area contributed by atoms with Gasteiger partial charge in [0.1, 0.15) is 0 Å². The van der Waals surface area contributed by atoms with E-state index in [9.17, 15) is 4.79 Å². The Morgan fingerprint density at radius 3 is 2.70 bits per heavy atom. The lowest BCUT2D eigenvalue weighted by molar-refractivity contribution is -0.150. The fourth-order valence-corrected chi connectivity index (χ4v) is 1.09. The smallest absolute Gasteiger partial charge is 0.309 e. The van der Waals surface area contributed by atoms with Gasteiger partial charge in [-0.3, -0.25) is 4.79 Å². The molecule has 0 aromatic carbocycles. The Kier molecular flexibility index (Phi) is 1.91. The molecule has 0 saturated heterocycles. The zero-order valence-corrected chi connectivity index (χ0v) is 5.83. The number of rotatable bonds is 1. The lowest BCUT2D eigenvalue weighted by Crippen LogP contribution is -2.32. The molecule has 0 radical (unpaired) electrons. The number of hydrogen-bond donors (Lipinski definition) is 0. The van der Waals surface area contributed by atoms with Crippen molar-refractivity contribution in [2.24, 2.45) is 11.8 Å². The van der Waals surface area contributed by atoms with Gasteiger partial charge in [0.15, 0.2) is 0 Å². The van der Waals surface area contributed by atoms with E-state index in [1.54, 1.807) is 0 Å². The molecule has 1 rings (SSSR count). The van der Waals surface area contributed by atoms with Gasteiger partial charge in [-0.15, -0.1) is 0 Å². The molecule has 54 valence electrons. The molecule has 3 nitrogen and oxygen atoms in total. The van der Waals surface area contributed by atoms with Crippen LogP contribution in [0.2, 0.25) is 0 Å². The lowest BCUT2D eigenvalue weighted by atomic mass is 9.75. The molecule has 10 heavy (non-hydrogen) atoms. The monoisotopic (exact) mass is 139 g/mol. The summed E-state index contributed by atoms with van der Waals surface area (Å²) in [6, 6.07) is 2.07. The maximum absolute atomic E-state index is 10.8. The second-order valence-electron chi connectivity index (χ2n) is 2.44. The molecule has 0 amide bonds. The summed E-state index contributed by atoms with van der Waals surface area (Å²) in [5.41, 5.74) is 0. The third-order valence-corrected chi connectivity index (χ3v) is 1.94. The Morgan fingerprint density at radius 1 is 1.70 bits per heavy atom. The van der Waals surface area contributed by atoms with Gasteiger partial charge in [-0.1, -0.05) is 0 Å². The van der Waals surface area contributed by atoms with Crippen LogP contribution >= 0.6 is 0 Å². The minimum atomic E-state index is -0.238. The van der Waals surface area contributed by atoms with Gasteiger partial charge >= 0.3 is 5.97 Å². The molecule has 2 atom stereocenters. The molecule has 0 N–H and O–H groups in total. The highest BCUT2D eigenvalue weighted by Gasteiger charge is 2.37. The van der Waals surface area contributed by atoms with Gasteiger partial charge in [0.05, 0.1) is 25.0 Å². The first kappa shape index (κ1) is 7.07. The van der Waals surface area contributed by atoms with Crippen LogP contribution in [0, 0.1) is 23.2 Å². The molecule has 0 bridgehead atoms. The van der Waals surface area contributed by atoms with Crippen LogP contribution in [0.4, 0.5) is 0 Å². The van der Waals surface area contributed by atoms with Gasteiger partial charge in [-0.2, -0.15) is 5.26 Å². The Hall–Kier alpha value is -1.04. The van der Waals surface area contributed by atoms with Crippen molar-refractivity contribution in [2.45, 2.75) is 12.8 Å². The van der Waals surface area contributed by atoms with E-state index in [0.29, 0.717) is 0 Å². The summed E-state index contributed by atoms with van der Waals surface area (Å²) in [5, 5.41) is 8.44. The number of esters is 1. The minimum absolute atomic E-state index is 0.0903. The first-order chi connectivity index (χ1) is 4.79. The summed E-state index contributed by atoms with van der Waals surface area (Å²) in [4.78, 5) is 10.8. The summed E-state index contributed by atoms with van der Waals surface area (Å²) in [6.45, 7) is 0. The molecule has 1 aliphatic rings. The highest BCUT2D eigenvalue weighted by molar-refractivity contribution is 5.74. The molecular weight excluding hydrogens is 130 g/mol. The molecular formula is C7H9NO2. The van der Waals surface area contributed by atoms with Crippen molar-refractivity contribution in [1.29, 1.82) is 5.26 Å². The highest BCUT2D eigenvalue weighted by Crippen LogP contribution is 2.34. The van der Waals surface area contributed by atoms with Crippen LogP contribution in [0.1, 0.15) is 12.8 Å². The van der Waals surface area contributed by atoms with Gasteiger partial charge in [0, 0.05) is 0 Å². The molecule has 1 aliphatic carbocycles.